The Morgan fingerprint density at radius 1 is 0.778 bits per heavy atom. The molecular formula is C10H21B3F3LiO9S. The summed E-state index contributed by atoms with van der Waals surface area (Å²) < 4.78 is 60.6. The van der Waals surface area contributed by atoms with Crippen LogP contribution in [-0.2, 0) is 15.5 Å². The Morgan fingerprint density at radius 2 is 1.00 bits per heavy atom. The molecule has 9 nitrogen and oxygen atoms in total. The van der Waals surface area contributed by atoms with E-state index in [1.165, 1.54) is 12.1 Å². The first-order valence-electron chi connectivity index (χ1n) is 6.50. The van der Waals surface area contributed by atoms with Crippen LogP contribution in [0.3, 0.4) is 0 Å². The first kappa shape index (κ1) is 34.0. The second kappa shape index (κ2) is 16.4. The Labute approximate surface area is 168 Å². The van der Waals surface area contributed by atoms with Gasteiger partial charge >= 0.3 is 41.0 Å². The summed E-state index contributed by atoms with van der Waals surface area (Å²) >= 11 is 0. The summed E-state index contributed by atoms with van der Waals surface area (Å²) in [7, 11) is -12.1. The molecule has 0 bridgehead atoms. The summed E-state index contributed by atoms with van der Waals surface area (Å²) in [5.74, 6) is 0. The van der Waals surface area contributed by atoms with Gasteiger partial charge in [-0.2, -0.15) is 8.42 Å². The molecule has 1 rings (SSSR count). The molecule has 1 aromatic carbocycles. The summed E-state index contributed by atoms with van der Waals surface area (Å²) in [5.41, 5.74) is 1.02. The van der Waals surface area contributed by atoms with Gasteiger partial charge in [0.2, 0.25) is 0 Å². The summed E-state index contributed by atoms with van der Waals surface area (Å²) in [6, 6.07) is 6.25. The fraction of sp³-hybridized carbons (Fsp3) is 0.400. The molecule has 0 fully saturated rings. The Bertz CT molecular complexity index is 549. The van der Waals surface area contributed by atoms with E-state index in [0.29, 0.717) is 0 Å². The van der Waals surface area contributed by atoms with Gasteiger partial charge in [-0.05, 0) is 23.1 Å². The average molecular weight is 414 g/mol. The fourth-order valence-electron chi connectivity index (χ4n) is 1.13. The molecule has 0 unspecified atom stereocenters. The van der Waals surface area contributed by atoms with Crippen molar-refractivity contribution >= 4 is 51.2 Å². The van der Waals surface area contributed by atoms with Crippen molar-refractivity contribution in [3.63, 3.8) is 0 Å². The van der Waals surface area contributed by atoms with Gasteiger partial charge in [-0.1, -0.05) is 32.9 Å². The summed E-state index contributed by atoms with van der Waals surface area (Å²) in [6.45, 7) is 6.11. The van der Waals surface area contributed by atoms with E-state index >= 15 is 0 Å². The van der Waals surface area contributed by atoms with Crippen LogP contribution in [-0.4, -0.2) is 84.2 Å². The maximum absolute atomic E-state index is 10.7. The molecule has 0 atom stereocenters. The van der Waals surface area contributed by atoms with Crippen LogP contribution in [0.5, 0.6) is 0 Å². The summed E-state index contributed by atoms with van der Waals surface area (Å²) in [5, 5.41) is 41.7. The average Bonchev–Trinajstić information content (AvgIpc) is 2.34. The number of hydrogen-bond donors (Lipinski definition) is 7. The van der Waals surface area contributed by atoms with Crippen LogP contribution in [0.15, 0.2) is 29.2 Å². The van der Waals surface area contributed by atoms with Crippen LogP contribution in [0, 0.1) is 0 Å². The summed E-state index contributed by atoms with van der Waals surface area (Å²) in [4.78, 5) is -0.0644. The normalized spacial score (nSPS) is 9.67. The first-order chi connectivity index (χ1) is 11.4. The van der Waals surface area contributed by atoms with Crippen LogP contribution in [0.1, 0.15) is 26.3 Å². The molecule has 0 aliphatic carbocycles. The van der Waals surface area contributed by atoms with Gasteiger partial charge in [0.1, 0.15) is 0 Å². The SMILES string of the molecule is CC(C)(C)c1ccc(S(=O)(=O)O)cc1.OB(O)F.OB(O)F.OB(O)F.[LiH]. The van der Waals surface area contributed by atoms with E-state index in [1.807, 2.05) is 20.8 Å². The monoisotopic (exact) mass is 414 g/mol. The van der Waals surface area contributed by atoms with Crippen molar-refractivity contribution in [2.45, 2.75) is 31.1 Å². The van der Waals surface area contributed by atoms with Crippen LogP contribution < -0.4 is 0 Å². The summed E-state index contributed by atoms with van der Waals surface area (Å²) in [6.07, 6.45) is 0. The zero-order valence-electron chi connectivity index (χ0n) is 14.0. The number of rotatable bonds is 1. The van der Waals surface area contributed by atoms with Crippen molar-refractivity contribution in [3.05, 3.63) is 29.8 Å². The van der Waals surface area contributed by atoms with Gasteiger partial charge < -0.3 is 30.1 Å². The molecule has 0 radical (unpaired) electrons. The van der Waals surface area contributed by atoms with Gasteiger partial charge in [-0.25, -0.2) is 0 Å². The maximum atomic E-state index is 10.7. The van der Waals surface area contributed by atoms with E-state index in [9.17, 15) is 21.4 Å². The van der Waals surface area contributed by atoms with Gasteiger partial charge in [-0.15, -0.1) is 0 Å². The van der Waals surface area contributed by atoms with Crippen molar-refractivity contribution < 1.29 is 56.1 Å². The van der Waals surface area contributed by atoms with E-state index in [4.69, 9.17) is 34.7 Å². The fourth-order valence-corrected chi connectivity index (χ4v) is 1.61. The van der Waals surface area contributed by atoms with E-state index in [2.05, 4.69) is 0 Å². The molecule has 0 aromatic heterocycles. The van der Waals surface area contributed by atoms with E-state index < -0.39 is 32.3 Å². The third-order valence-corrected chi connectivity index (χ3v) is 2.89. The molecule has 0 heterocycles. The van der Waals surface area contributed by atoms with Crippen molar-refractivity contribution in [1.82, 2.24) is 0 Å². The molecule has 7 N–H and O–H groups in total. The van der Waals surface area contributed by atoms with E-state index in [0.717, 1.165) is 5.56 Å². The van der Waals surface area contributed by atoms with Crippen molar-refractivity contribution in [3.8, 4) is 0 Å². The van der Waals surface area contributed by atoms with E-state index in [-0.39, 0.29) is 29.2 Å². The van der Waals surface area contributed by atoms with Crippen molar-refractivity contribution in [2.24, 2.45) is 0 Å². The third-order valence-electron chi connectivity index (χ3n) is 2.02. The standard InChI is InChI=1S/C10H14O3S.3BFH2O2.Li.H/c1-10(2,3)8-4-6-9(7-5-8)14(11,12)13;3*2-1(3)4;;/h4-7H,1-3H3,(H,11,12,13);3*3-4H;;. The molecule has 0 aliphatic heterocycles. The van der Waals surface area contributed by atoms with Crippen molar-refractivity contribution in [2.75, 3.05) is 0 Å². The number of hydrogen-bond acceptors (Lipinski definition) is 8. The molecule has 0 spiro atoms. The molecule has 0 saturated carbocycles. The second-order valence-corrected chi connectivity index (χ2v) is 6.60. The van der Waals surface area contributed by atoms with Gasteiger partial charge in [0.15, 0.2) is 0 Å². The Morgan fingerprint density at radius 3 is 1.15 bits per heavy atom. The molecular weight excluding hydrogens is 393 g/mol. The predicted molar refractivity (Wildman–Crippen MR) is 96.0 cm³/mol. The van der Waals surface area contributed by atoms with E-state index in [1.54, 1.807) is 12.1 Å². The Balaban J connectivity index is -0.000000169. The second-order valence-electron chi connectivity index (χ2n) is 5.18. The minimum atomic E-state index is -4.07. The van der Waals surface area contributed by atoms with Crippen LogP contribution in [0.4, 0.5) is 12.9 Å². The molecule has 0 aliphatic rings. The molecule has 0 saturated heterocycles. The van der Waals surface area contributed by atoms with Crippen LogP contribution in [0.25, 0.3) is 0 Å². The zero-order valence-corrected chi connectivity index (χ0v) is 14.8. The topological polar surface area (TPSA) is 176 Å². The molecule has 152 valence electrons. The minimum absolute atomic E-state index is 0. The van der Waals surface area contributed by atoms with Gasteiger partial charge in [0.05, 0.1) is 4.90 Å². The van der Waals surface area contributed by atoms with Gasteiger partial charge in [0.25, 0.3) is 10.1 Å². The Hall–Kier alpha value is -0.528. The predicted octanol–water partition coefficient (Wildman–Crippen LogP) is -1.64. The zero-order chi connectivity index (χ0) is 21.7. The van der Waals surface area contributed by atoms with Gasteiger partial charge in [0, 0.05) is 0 Å². The molecule has 1 aromatic rings. The number of benzene rings is 1. The Kier molecular flexibility index (Phi) is 20.7. The van der Waals surface area contributed by atoms with Crippen LogP contribution >= 0.6 is 0 Å². The molecule has 27 heavy (non-hydrogen) atoms. The van der Waals surface area contributed by atoms with Crippen molar-refractivity contribution in [1.29, 1.82) is 0 Å². The molecule has 17 heteroatoms. The number of halogens is 3. The van der Waals surface area contributed by atoms with Gasteiger partial charge in [-0.3, -0.25) is 17.5 Å². The quantitative estimate of drug-likeness (QED) is 0.210. The first-order valence-corrected chi connectivity index (χ1v) is 7.94. The molecule has 0 amide bonds. The van der Waals surface area contributed by atoms with Crippen LogP contribution in [0.2, 0.25) is 0 Å². The third kappa shape index (κ3) is 30.4.